The Hall–Kier alpha value is -0.570. The van der Waals surface area contributed by atoms with Gasteiger partial charge in [-0.15, -0.1) is 0 Å². The predicted molar refractivity (Wildman–Crippen MR) is 43.4 cm³/mol. The fraction of sp³-hybridized carbons (Fsp3) is 0.143. The van der Waals surface area contributed by atoms with Crippen molar-refractivity contribution in [3.63, 3.8) is 0 Å². The van der Waals surface area contributed by atoms with E-state index in [1.54, 1.807) is 18.2 Å². The Morgan fingerprint density at radius 2 is 2.20 bits per heavy atom. The molecule has 0 aliphatic heterocycles. The van der Waals surface area contributed by atoms with Crippen molar-refractivity contribution in [1.29, 1.82) is 0 Å². The van der Waals surface area contributed by atoms with E-state index in [1.807, 2.05) is 0 Å². The van der Waals surface area contributed by atoms with Gasteiger partial charge < -0.3 is 5.73 Å². The molecule has 0 aliphatic rings. The van der Waals surface area contributed by atoms with Gasteiger partial charge in [-0.05, 0) is 23.8 Å². The number of alkyl halides is 1. The van der Waals surface area contributed by atoms with Crippen molar-refractivity contribution in [2.45, 2.75) is 6.67 Å². The van der Waals surface area contributed by atoms with Gasteiger partial charge in [0.15, 0.2) is 0 Å². The second-order valence-electron chi connectivity index (χ2n) is 1.98. The van der Waals surface area contributed by atoms with Gasteiger partial charge in [0.25, 0.3) is 0 Å². The second kappa shape index (κ2) is 3.01. The number of nitrogen functional groups attached to an aromatic ring is 1. The molecule has 0 atom stereocenters. The Morgan fingerprint density at radius 1 is 1.50 bits per heavy atom. The smallest absolute Gasteiger partial charge is 0.116 e. The van der Waals surface area contributed by atoms with Gasteiger partial charge in [0.2, 0.25) is 0 Å². The van der Waals surface area contributed by atoms with Crippen LogP contribution in [0.25, 0.3) is 0 Å². The van der Waals surface area contributed by atoms with Crippen molar-refractivity contribution in [2.75, 3.05) is 5.73 Å². The van der Waals surface area contributed by atoms with Gasteiger partial charge in [0.05, 0.1) is 0 Å². The van der Waals surface area contributed by atoms with E-state index >= 15 is 0 Å². The van der Waals surface area contributed by atoms with Crippen molar-refractivity contribution < 1.29 is 4.39 Å². The molecule has 0 aromatic heterocycles. The van der Waals surface area contributed by atoms with Gasteiger partial charge in [-0.25, -0.2) is 4.39 Å². The SMILES string of the molecule is Nc1ccc(Br)c(CF)c1. The number of halogens is 2. The minimum absolute atomic E-state index is 0.481. The molecule has 1 aromatic carbocycles. The first-order valence-electron chi connectivity index (χ1n) is 2.84. The molecule has 2 N–H and O–H groups in total. The summed E-state index contributed by atoms with van der Waals surface area (Å²) in [6, 6.07) is 5.08. The van der Waals surface area contributed by atoms with E-state index in [4.69, 9.17) is 5.73 Å². The predicted octanol–water partition coefficient (Wildman–Crippen LogP) is 2.50. The minimum atomic E-state index is -0.481. The van der Waals surface area contributed by atoms with Gasteiger partial charge in [0.1, 0.15) is 6.67 Å². The summed E-state index contributed by atoms with van der Waals surface area (Å²) in [6.45, 7) is -0.481. The summed E-state index contributed by atoms with van der Waals surface area (Å²) in [5.41, 5.74) is 6.61. The number of benzene rings is 1. The monoisotopic (exact) mass is 203 g/mol. The van der Waals surface area contributed by atoms with Crippen molar-refractivity contribution in [2.24, 2.45) is 0 Å². The lowest BCUT2D eigenvalue weighted by Gasteiger charge is -1.99. The summed E-state index contributed by atoms with van der Waals surface area (Å²) in [6.07, 6.45) is 0. The molecule has 0 saturated heterocycles. The third-order valence-electron chi connectivity index (χ3n) is 1.21. The Kier molecular flexibility index (Phi) is 2.27. The topological polar surface area (TPSA) is 26.0 Å². The Bertz CT molecular complexity index is 237. The minimum Gasteiger partial charge on any atom is -0.399 e. The van der Waals surface area contributed by atoms with Crippen molar-refractivity contribution in [3.05, 3.63) is 28.2 Å². The molecule has 1 nitrogen and oxygen atoms in total. The summed E-state index contributed by atoms with van der Waals surface area (Å²) in [7, 11) is 0. The van der Waals surface area contributed by atoms with Crippen molar-refractivity contribution in [3.8, 4) is 0 Å². The molecule has 0 heterocycles. The molecular formula is C7H7BrFN. The van der Waals surface area contributed by atoms with E-state index in [-0.39, 0.29) is 0 Å². The molecule has 0 fully saturated rings. The quantitative estimate of drug-likeness (QED) is 0.698. The van der Waals surface area contributed by atoms with Crippen LogP contribution in [0.5, 0.6) is 0 Å². The Morgan fingerprint density at radius 3 is 2.70 bits per heavy atom. The lowest BCUT2D eigenvalue weighted by Crippen LogP contribution is -1.87. The van der Waals surface area contributed by atoms with Crippen LogP contribution < -0.4 is 5.73 Å². The number of nitrogens with two attached hydrogens (primary N) is 1. The first kappa shape index (κ1) is 7.54. The molecule has 0 radical (unpaired) electrons. The molecule has 1 aromatic rings. The number of hydrogen-bond acceptors (Lipinski definition) is 1. The molecule has 10 heavy (non-hydrogen) atoms. The van der Waals surface area contributed by atoms with Crippen LogP contribution in [0.3, 0.4) is 0 Å². The average molecular weight is 204 g/mol. The molecule has 1 rings (SSSR count). The normalized spacial score (nSPS) is 9.80. The van der Waals surface area contributed by atoms with Crippen LogP contribution in [0.1, 0.15) is 5.56 Å². The van der Waals surface area contributed by atoms with Crippen molar-refractivity contribution >= 4 is 21.6 Å². The maximum atomic E-state index is 12.1. The van der Waals surface area contributed by atoms with Gasteiger partial charge >= 0.3 is 0 Å². The zero-order valence-electron chi connectivity index (χ0n) is 5.27. The van der Waals surface area contributed by atoms with Gasteiger partial charge in [-0.1, -0.05) is 15.9 Å². The highest BCUT2D eigenvalue weighted by molar-refractivity contribution is 9.10. The van der Waals surface area contributed by atoms with Crippen LogP contribution in [-0.2, 0) is 6.67 Å². The van der Waals surface area contributed by atoms with Crippen molar-refractivity contribution in [1.82, 2.24) is 0 Å². The summed E-state index contributed by atoms with van der Waals surface area (Å²) in [5.74, 6) is 0. The van der Waals surface area contributed by atoms with Crippen LogP contribution in [0.2, 0.25) is 0 Å². The number of hydrogen-bond donors (Lipinski definition) is 1. The van der Waals surface area contributed by atoms with E-state index in [1.165, 1.54) is 0 Å². The largest absolute Gasteiger partial charge is 0.399 e. The first-order chi connectivity index (χ1) is 4.74. The molecule has 0 unspecified atom stereocenters. The van der Waals surface area contributed by atoms with E-state index in [2.05, 4.69) is 15.9 Å². The average Bonchev–Trinajstić information content (AvgIpc) is 1.94. The maximum Gasteiger partial charge on any atom is 0.116 e. The molecule has 0 aliphatic carbocycles. The Balaban J connectivity index is 3.09. The van der Waals surface area contributed by atoms with Crippen LogP contribution in [0, 0.1) is 0 Å². The van der Waals surface area contributed by atoms with E-state index < -0.39 is 6.67 Å². The van der Waals surface area contributed by atoms with Gasteiger partial charge in [-0.3, -0.25) is 0 Å². The molecule has 0 spiro atoms. The zero-order valence-corrected chi connectivity index (χ0v) is 6.86. The first-order valence-corrected chi connectivity index (χ1v) is 3.63. The third-order valence-corrected chi connectivity index (χ3v) is 1.99. The van der Waals surface area contributed by atoms with E-state index in [0.717, 1.165) is 4.47 Å². The third kappa shape index (κ3) is 1.48. The lowest BCUT2D eigenvalue weighted by atomic mass is 10.2. The molecule has 54 valence electrons. The summed E-state index contributed by atoms with van der Waals surface area (Å²) >= 11 is 3.20. The summed E-state index contributed by atoms with van der Waals surface area (Å²) in [4.78, 5) is 0. The summed E-state index contributed by atoms with van der Waals surface area (Å²) < 4.78 is 12.8. The van der Waals surface area contributed by atoms with Crippen LogP contribution >= 0.6 is 15.9 Å². The van der Waals surface area contributed by atoms with E-state index in [9.17, 15) is 4.39 Å². The Labute approximate surface area is 67.2 Å². The summed E-state index contributed by atoms with van der Waals surface area (Å²) in [5, 5.41) is 0. The van der Waals surface area contributed by atoms with Gasteiger partial charge in [0, 0.05) is 10.2 Å². The number of anilines is 1. The van der Waals surface area contributed by atoms with E-state index in [0.29, 0.717) is 11.3 Å². The molecular weight excluding hydrogens is 197 g/mol. The molecule has 0 saturated carbocycles. The maximum absolute atomic E-state index is 12.1. The zero-order chi connectivity index (χ0) is 7.56. The van der Waals surface area contributed by atoms with Crippen LogP contribution in [0.4, 0.5) is 10.1 Å². The molecule has 0 amide bonds. The number of rotatable bonds is 1. The highest BCUT2D eigenvalue weighted by atomic mass is 79.9. The fourth-order valence-electron chi connectivity index (χ4n) is 0.697. The standard InChI is InChI=1S/C7H7BrFN/c8-7-2-1-6(10)3-5(7)4-9/h1-3H,4,10H2. The highest BCUT2D eigenvalue weighted by Gasteiger charge is 1.97. The second-order valence-corrected chi connectivity index (χ2v) is 2.84. The highest BCUT2D eigenvalue weighted by Crippen LogP contribution is 2.19. The van der Waals surface area contributed by atoms with Crippen LogP contribution in [-0.4, -0.2) is 0 Å². The lowest BCUT2D eigenvalue weighted by molar-refractivity contribution is 0.484. The van der Waals surface area contributed by atoms with Crippen LogP contribution in [0.15, 0.2) is 22.7 Å². The molecule has 0 bridgehead atoms. The van der Waals surface area contributed by atoms with Gasteiger partial charge in [-0.2, -0.15) is 0 Å². The fourth-order valence-corrected chi connectivity index (χ4v) is 1.05. The molecule has 3 heteroatoms.